The maximum Gasteiger partial charge on any atom is 0.261 e. The number of ether oxygens (including phenoxy) is 1. The number of aromatic nitrogens is 1. The molecule has 1 aromatic heterocycles. The van der Waals surface area contributed by atoms with Gasteiger partial charge in [0.25, 0.3) is 10.0 Å². The highest BCUT2D eigenvalue weighted by molar-refractivity contribution is 7.92. The molecule has 0 bridgehead atoms. The van der Waals surface area contributed by atoms with Gasteiger partial charge in [0.2, 0.25) is 0 Å². The van der Waals surface area contributed by atoms with Crippen molar-refractivity contribution in [1.82, 2.24) is 4.98 Å². The molecule has 0 saturated heterocycles. The van der Waals surface area contributed by atoms with E-state index >= 15 is 0 Å². The topological polar surface area (TPSA) is 94.3 Å². The molecule has 0 unspecified atom stereocenters. The lowest BCUT2D eigenvalue weighted by Gasteiger charge is -2.08. The van der Waals surface area contributed by atoms with Gasteiger partial charge >= 0.3 is 0 Å². The summed E-state index contributed by atoms with van der Waals surface area (Å²) in [5.74, 6) is 0.657. The van der Waals surface area contributed by atoms with Crippen molar-refractivity contribution < 1.29 is 13.2 Å². The fraction of sp³-hybridized carbons (Fsp3) is 0.0714. The van der Waals surface area contributed by atoms with Gasteiger partial charge in [-0.1, -0.05) is 11.3 Å². The van der Waals surface area contributed by atoms with Crippen molar-refractivity contribution in [3.05, 3.63) is 42.5 Å². The van der Waals surface area contributed by atoms with Crippen LogP contribution in [0.5, 0.6) is 5.75 Å². The Hall–Kier alpha value is -2.32. The lowest BCUT2D eigenvalue weighted by molar-refractivity contribution is 0.415. The van der Waals surface area contributed by atoms with E-state index in [1.165, 1.54) is 17.4 Å². The smallest absolute Gasteiger partial charge is 0.261 e. The number of anilines is 2. The van der Waals surface area contributed by atoms with Crippen LogP contribution in [0.15, 0.2) is 47.4 Å². The summed E-state index contributed by atoms with van der Waals surface area (Å²) in [6.07, 6.45) is 0. The summed E-state index contributed by atoms with van der Waals surface area (Å²) in [5, 5.41) is 0.410. The van der Waals surface area contributed by atoms with Crippen LogP contribution < -0.4 is 15.2 Å². The second-order valence-corrected chi connectivity index (χ2v) is 7.26. The van der Waals surface area contributed by atoms with Gasteiger partial charge in [0, 0.05) is 5.69 Å². The summed E-state index contributed by atoms with van der Waals surface area (Å²) in [4.78, 5) is 4.27. The Bertz CT molecular complexity index is 918. The number of hydrogen-bond donors (Lipinski definition) is 2. The number of rotatable bonds is 4. The molecule has 3 aromatic rings. The normalized spacial score (nSPS) is 11.5. The Labute approximate surface area is 131 Å². The predicted molar refractivity (Wildman–Crippen MR) is 87.8 cm³/mol. The third kappa shape index (κ3) is 2.83. The summed E-state index contributed by atoms with van der Waals surface area (Å²) < 4.78 is 33.1. The number of hydrogen-bond acceptors (Lipinski definition) is 6. The molecule has 6 nitrogen and oxygen atoms in total. The molecule has 0 saturated carbocycles. The quantitative estimate of drug-likeness (QED) is 0.764. The van der Waals surface area contributed by atoms with Crippen LogP contribution in [0.1, 0.15) is 0 Å². The van der Waals surface area contributed by atoms with Crippen molar-refractivity contribution >= 4 is 42.4 Å². The molecule has 0 spiro atoms. The number of methoxy groups -OCH3 is 1. The van der Waals surface area contributed by atoms with Crippen molar-refractivity contribution in [3.63, 3.8) is 0 Å². The van der Waals surface area contributed by atoms with Gasteiger partial charge in [-0.25, -0.2) is 13.4 Å². The highest BCUT2D eigenvalue weighted by Gasteiger charge is 2.15. The van der Waals surface area contributed by atoms with E-state index in [0.717, 1.165) is 4.70 Å². The molecule has 0 fully saturated rings. The molecule has 0 atom stereocenters. The van der Waals surface area contributed by atoms with Gasteiger partial charge in [-0.05, 0) is 42.5 Å². The zero-order chi connectivity index (χ0) is 15.7. The Morgan fingerprint density at radius 2 is 1.91 bits per heavy atom. The Morgan fingerprint density at radius 3 is 2.59 bits per heavy atom. The number of benzene rings is 2. The van der Waals surface area contributed by atoms with Crippen LogP contribution in [-0.4, -0.2) is 20.5 Å². The van der Waals surface area contributed by atoms with Crippen LogP contribution in [0.2, 0.25) is 0 Å². The number of sulfonamides is 1. The molecule has 2 aromatic carbocycles. The molecule has 8 heteroatoms. The van der Waals surface area contributed by atoms with E-state index in [0.29, 0.717) is 22.1 Å². The lowest BCUT2D eigenvalue weighted by atomic mass is 10.3. The summed E-state index contributed by atoms with van der Waals surface area (Å²) in [7, 11) is -2.12. The Morgan fingerprint density at radius 1 is 1.18 bits per heavy atom. The van der Waals surface area contributed by atoms with Crippen molar-refractivity contribution in [1.29, 1.82) is 0 Å². The fourth-order valence-corrected chi connectivity index (χ4v) is 3.90. The first-order valence-corrected chi connectivity index (χ1v) is 8.61. The largest absolute Gasteiger partial charge is 0.497 e. The minimum atomic E-state index is -3.67. The zero-order valence-electron chi connectivity index (χ0n) is 11.6. The summed E-state index contributed by atoms with van der Waals surface area (Å²) in [6.45, 7) is 0. The molecular formula is C14H13N3O3S2. The fourth-order valence-electron chi connectivity index (χ4n) is 1.96. The van der Waals surface area contributed by atoms with Crippen molar-refractivity contribution in [2.24, 2.45) is 0 Å². The Balaban J connectivity index is 1.92. The van der Waals surface area contributed by atoms with Crippen LogP contribution in [0, 0.1) is 0 Å². The second kappa shape index (κ2) is 5.47. The number of nitrogen functional groups attached to an aromatic ring is 1. The van der Waals surface area contributed by atoms with E-state index in [1.807, 2.05) is 0 Å². The first-order valence-electron chi connectivity index (χ1n) is 6.31. The standard InChI is InChI=1S/C14H13N3O3S2/c1-20-10-4-2-9(3-5-10)17-22(18,19)11-6-7-12-13(8-11)21-14(15)16-12/h2-8,17H,1H3,(H2,15,16). The van der Waals surface area contributed by atoms with Gasteiger partial charge in [-0.3, -0.25) is 4.72 Å². The van der Waals surface area contributed by atoms with Gasteiger partial charge in [-0.2, -0.15) is 0 Å². The van der Waals surface area contributed by atoms with Gasteiger partial charge in [0.1, 0.15) is 5.75 Å². The number of thiazole rings is 1. The minimum Gasteiger partial charge on any atom is -0.497 e. The van der Waals surface area contributed by atoms with Crippen molar-refractivity contribution in [2.75, 3.05) is 17.6 Å². The maximum absolute atomic E-state index is 12.4. The van der Waals surface area contributed by atoms with Crippen LogP contribution >= 0.6 is 11.3 Å². The molecule has 0 aliphatic carbocycles. The highest BCUT2D eigenvalue weighted by Crippen LogP contribution is 2.27. The van der Waals surface area contributed by atoms with Crippen molar-refractivity contribution in [2.45, 2.75) is 4.90 Å². The number of nitrogens with one attached hydrogen (secondary N) is 1. The monoisotopic (exact) mass is 335 g/mol. The molecule has 0 radical (unpaired) electrons. The summed E-state index contributed by atoms with van der Waals surface area (Å²) >= 11 is 1.25. The lowest BCUT2D eigenvalue weighted by Crippen LogP contribution is -2.12. The second-order valence-electron chi connectivity index (χ2n) is 4.52. The van der Waals surface area contributed by atoms with Gasteiger partial charge in [0.15, 0.2) is 5.13 Å². The van der Waals surface area contributed by atoms with Gasteiger partial charge in [-0.15, -0.1) is 0 Å². The summed E-state index contributed by atoms with van der Waals surface area (Å²) in [5.41, 5.74) is 6.78. The van der Waals surface area contributed by atoms with Crippen molar-refractivity contribution in [3.8, 4) is 5.75 Å². The minimum absolute atomic E-state index is 0.166. The van der Waals surface area contributed by atoms with Gasteiger partial charge < -0.3 is 10.5 Å². The predicted octanol–water partition coefficient (Wildman–Crippen LogP) is 2.69. The van der Waals surface area contributed by atoms with Gasteiger partial charge in [0.05, 0.1) is 22.2 Å². The van der Waals surface area contributed by atoms with E-state index in [2.05, 4.69) is 9.71 Å². The average Bonchev–Trinajstić information content (AvgIpc) is 2.86. The molecular weight excluding hydrogens is 322 g/mol. The Kier molecular flexibility index (Phi) is 3.63. The number of nitrogens with zero attached hydrogens (tertiary/aromatic N) is 1. The van der Waals surface area contributed by atoms with E-state index in [4.69, 9.17) is 10.5 Å². The molecule has 3 N–H and O–H groups in total. The third-order valence-electron chi connectivity index (χ3n) is 3.03. The zero-order valence-corrected chi connectivity index (χ0v) is 13.2. The molecule has 114 valence electrons. The maximum atomic E-state index is 12.4. The van der Waals surface area contributed by atoms with Crippen LogP contribution in [0.3, 0.4) is 0 Å². The van der Waals surface area contributed by atoms with Crippen LogP contribution in [0.4, 0.5) is 10.8 Å². The van der Waals surface area contributed by atoms with E-state index in [-0.39, 0.29) is 4.90 Å². The SMILES string of the molecule is COc1ccc(NS(=O)(=O)c2ccc3nc(N)sc3c2)cc1. The number of fused-ring (bicyclic) bond motifs is 1. The van der Waals surface area contributed by atoms with E-state index in [1.54, 1.807) is 43.5 Å². The third-order valence-corrected chi connectivity index (χ3v) is 5.26. The first kappa shape index (κ1) is 14.6. The molecule has 1 heterocycles. The number of nitrogens with two attached hydrogens (primary N) is 1. The summed E-state index contributed by atoms with van der Waals surface area (Å²) in [6, 6.07) is 11.4. The van der Waals surface area contributed by atoms with Crippen LogP contribution in [-0.2, 0) is 10.0 Å². The van der Waals surface area contributed by atoms with E-state index < -0.39 is 10.0 Å². The molecule has 3 rings (SSSR count). The first-order chi connectivity index (χ1) is 10.5. The average molecular weight is 335 g/mol. The molecule has 22 heavy (non-hydrogen) atoms. The molecule has 0 amide bonds. The highest BCUT2D eigenvalue weighted by atomic mass is 32.2. The van der Waals surface area contributed by atoms with E-state index in [9.17, 15) is 8.42 Å². The molecule has 0 aliphatic rings. The van der Waals surface area contributed by atoms with Crippen LogP contribution in [0.25, 0.3) is 10.2 Å². The molecule has 0 aliphatic heterocycles.